The Bertz CT molecular complexity index is 626. The third-order valence-corrected chi connectivity index (χ3v) is 8.53. The molecule has 7 atom stereocenters. The van der Waals surface area contributed by atoms with Gasteiger partial charge in [-0.15, -0.1) is 0 Å². The Labute approximate surface area is 144 Å². The summed E-state index contributed by atoms with van der Waals surface area (Å²) in [5.41, 5.74) is 1.23. The zero-order valence-electron chi connectivity index (χ0n) is 15.0. The van der Waals surface area contributed by atoms with Crippen molar-refractivity contribution in [2.75, 3.05) is 0 Å². The van der Waals surface area contributed by atoms with Crippen molar-refractivity contribution < 1.29 is 14.7 Å². The Morgan fingerprint density at radius 1 is 1.17 bits per heavy atom. The molecule has 24 heavy (non-hydrogen) atoms. The number of nitrogens with one attached hydrogen (secondary N) is 1. The zero-order valence-corrected chi connectivity index (χ0v) is 15.0. The Morgan fingerprint density at radius 2 is 1.92 bits per heavy atom. The molecular formula is C20H29NO3. The summed E-state index contributed by atoms with van der Waals surface area (Å²) in [5.74, 6) is 0.990. The van der Waals surface area contributed by atoms with E-state index in [-0.39, 0.29) is 28.7 Å². The van der Waals surface area contributed by atoms with Crippen LogP contribution in [0.25, 0.3) is 0 Å². The third-order valence-electron chi connectivity index (χ3n) is 8.53. The summed E-state index contributed by atoms with van der Waals surface area (Å²) in [6.07, 6.45) is 7.95. The average molecular weight is 331 g/mol. The molecule has 2 N–H and O–H groups in total. The summed E-state index contributed by atoms with van der Waals surface area (Å²) in [5, 5.41) is 12.9. The fourth-order valence-electron chi connectivity index (χ4n) is 7.11. The number of rotatable bonds is 1. The molecule has 132 valence electrons. The van der Waals surface area contributed by atoms with E-state index in [2.05, 4.69) is 26.1 Å². The largest absolute Gasteiger partial charge is 0.481 e. The fraction of sp³-hybridized carbons (Fsp3) is 0.800. The molecule has 0 bridgehead atoms. The van der Waals surface area contributed by atoms with Crippen LogP contribution in [0.3, 0.4) is 0 Å². The smallest absolute Gasteiger partial charge is 0.307 e. The minimum atomic E-state index is -0.598. The molecule has 4 heteroatoms. The molecular weight excluding hydrogens is 302 g/mol. The lowest BCUT2D eigenvalue weighted by Crippen LogP contribution is -2.60. The van der Waals surface area contributed by atoms with Crippen LogP contribution < -0.4 is 5.32 Å². The minimum absolute atomic E-state index is 0.0360. The summed E-state index contributed by atoms with van der Waals surface area (Å²) in [7, 11) is 0. The third kappa shape index (κ3) is 1.91. The highest BCUT2D eigenvalue weighted by atomic mass is 16.4. The van der Waals surface area contributed by atoms with E-state index in [0.29, 0.717) is 17.8 Å². The van der Waals surface area contributed by atoms with E-state index in [0.717, 1.165) is 38.5 Å². The first kappa shape index (κ1) is 16.2. The second-order valence-electron chi connectivity index (χ2n) is 9.14. The molecule has 4 nitrogen and oxygen atoms in total. The first-order valence-corrected chi connectivity index (χ1v) is 9.50. The van der Waals surface area contributed by atoms with Crippen LogP contribution in [0.4, 0.5) is 0 Å². The summed E-state index contributed by atoms with van der Waals surface area (Å²) >= 11 is 0. The Hall–Kier alpha value is -1.32. The van der Waals surface area contributed by atoms with Crippen LogP contribution >= 0.6 is 0 Å². The van der Waals surface area contributed by atoms with Crippen LogP contribution in [0.5, 0.6) is 0 Å². The number of hydrogen-bond acceptors (Lipinski definition) is 2. The van der Waals surface area contributed by atoms with Crippen molar-refractivity contribution in [1.29, 1.82) is 0 Å². The molecule has 3 fully saturated rings. The first-order chi connectivity index (χ1) is 11.3. The lowest BCUT2D eigenvalue weighted by atomic mass is 9.46. The highest BCUT2D eigenvalue weighted by Gasteiger charge is 2.61. The van der Waals surface area contributed by atoms with Gasteiger partial charge < -0.3 is 10.4 Å². The van der Waals surface area contributed by atoms with Crippen LogP contribution in [-0.4, -0.2) is 23.0 Å². The van der Waals surface area contributed by atoms with Crippen LogP contribution in [0, 0.1) is 34.5 Å². The molecule has 0 unspecified atom stereocenters. The number of amides is 1. The fourth-order valence-corrected chi connectivity index (χ4v) is 7.11. The monoisotopic (exact) mass is 331 g/mol. The number of hydrogen-bond donors (Lipinski definition) is 2. The van der Waals surface area contributed by atoms with E-state index in [1.165, 1.54) is 5.57 Å². The number of carbonyl (C=O) groups excluding carboxylic acids is 1. The normalized spacial score (nSPS) is 50.2. The van der Waals surface area contributed by atoms with E-state index < -0.39 is 5.97 Å². The lowest BCUT2D eigenvalue weighted by Gasteiger charge is -2.60. The summed E-state index contributed by atoms with van der Waals surface area (Å²) in [4.78, 5) is 23.7. The quantitative estimate of drug-likeness (QED) is 0.774. The summed E-state index contributed by atoms with van der Waals surface area (Å²) in [6.45, 7) is 6.70. The highest BCUT2D eigenvalue weighted by molar-refractivity contribution is 5.90. The van der Waals surface area contributed by atoms with Gasteiger partial charge in [-0.2, -0.15) is 0 Å². The maximum Gasteiger partial charge on any atom is 0.307 e. The second kappa shape index (κ2) is 5.09. The average Bonchev–Trinajstić information content (AvgIpc) is 2.86. The Kier molecular flexibility index (Phi) is 3.43. The first-order valence-electron chi connectivity index (χ1n) is 9.50. The van der Waals surface area contributed by atoms with Gasteiger partial charge in [-0.05, 0) is 68.6 Å². The van der Waals surface area contributed by atoms with E-state index in [1.54, 1.807) is 6.08 Å². The van der Waals surface area contributed by atoms with Gasteiger partial charge in [0.05, 0.1) is 5.92 Å². The van der Waals surface area contributed by atoms with Crippen molar-refractivity contribution in [3.8, 4) is 0 Å². The Morgan fingerprint density at radius 3 is 2.62 bits per heavy atom. The number of aliphatic carboxylic acids is 1. The molecule has 0 aromatic carbocycles. The van der Waals surface area contributed by atoms with Crippen molar-refractivity contribution in [1.82, 2.24) is 5.32 Å². The van der Waals surface area contributed by atoms with E-state index in [9.17, 15) is 14.7 Å². The molecule has 3 saturated carbocycles. The molecule has 0 saturated heterocycles. The van der Waals surface area contributed by atoms with Gasteiger partial charge >= 0.3 is 5.97 Å². The van der Waals surface area contributed by atoms with E-state index in [4.69, 9.17) is 0 Å². The molecule has 3 aliphatic carbocycles. The van der Waals surface area contributed by atoms with Crippen molar-refractivity contribution >= 4 is 11.9 Å². The zero-order chi connectivity index (χ0) is 17.3. The molecule has 0 aromatic heterocycles. The number of fused-ring (bicyclic) bond motifs is 5. The van der Waals surface area contributed by atoms with Crippen LogP contribution in [-0.2, 0) is 9.59 Å². The van der Waals surface area contributed by atoms with Crippen LogP contribution in [0.1, 0.15) is 59.3 Å². The maximum absolute atomic E-state index is 11.9. The second-order valence-corrected chi connectivity index (χ2v) is 9.14. The molecule has 1 amide bonds. The summed E-state index contributed by atoms with van der Waals surface area (Å²) < 4.78 is 0. The SMILES string of the molecule is CC1=CC(=O)N[C@@H]2CC[C@H]3[C@@H]4CC[C@H](C(=O)O)[C@@]4(C)CC[C@@H]3[C@@]12C. The van der Waals surface area contributed by atoms with Gasteiger partial charge in [-0.1, -0.05) is 19.4 Å². The molecule has 1 heterocycles. The van der Waals surface area contributed by atoms with Crippen molar-refractivity contribution in [2.24, 2.45) is 34.5 Å². The van der Waals surface area contributed by atoms with E-state index >= 15 is 0 Å². The predicted octanol–water partition coefficient (Wildman–Crippen LogP) is 3.37. The van der Waals surface area contributed by atoms with Crippen molar-refractivity contribution in [3.63, 3.8) is 0 Å². The van der Waals surface area contributed by atoms with Gasteiger partial charge in [-0.3, -0.25) is 9.59 Å². The summed E-state index contributed by atoms with van der Waals surface area (Å²) in [6, 6.07) is 0.247. The van der Waals surface area contributed by atoms with Crippen LogP contribution in [0.2, 0.25) is 0 Å². The van der Waals surface area contributed by atoms with Crippen molar-refractivity contribution in [2.45, 2.75) is 65.3 Å². The van der Waals surface area contributed by atoms with Crippen LogP contribution in [0.15, 0.2) is 11.6 Å². The topological polar surface area (TPSA) is 66.4 Å². The molecule has 0 aromatic rings. The molecule has 0 radical (unpaired) electrons. The molecule has 4 rings (SSSR count). The van der Waals surface area contributed by atoms with Gasteiger partial charge in [0.1, 0.15) is 0 Å². The standard InChI is InChI=1S/C20H29NO3/c1-11-10-17(22)21-16-7-4-12-13-5-6-15(18(23)24)19(13,2)9-8-14(12)20(11,16)3/h10,12-16H,4-9H2,1-3H3,(H,21,22)(H,23,24)/t12-,13-,14-,15+,16+,19-,20+/m0/s1. The van der Waals surface area contributed by atoms with Gasteiger partial charge in [0, 0.05) is 17.5 Å². The minimum Gasteiger partial charge on any atom is -0.481 e. The van der Waals surface area contributed by atoms with Gasteiger partial charge in [-0.25, -0.2) is 0 Å². The molecule has 1 aliphatic heterocycles. The van der Waals surface area contributed by atoms with E-state index in [1.807, 2.05) is 0 Å². The van der Waals surface area contributed by atoms with Gasteiger partial charge in [0.2, 0.25) is 5.91 Å². The van der Waals surface area contributed by atoms with Gasteiger partial charge in [0.15, 0.2) is 0 Å². The molecule has 4 aliphatic rings. The number of carboxylic acids is 1. The Balaban J connectivity index is 1.70. The van der Waals surface area contributed by atoms with Gasteiger partial charge in [0.25, 0.3) is 0 Å². The maximum atomic E-state index is 11.9. The van der Waals surface area contributed by atoms with Crippen molar-refractivity contribution in [3.05, 3.63) is 11.6 Å². The lowest BCUT2D eigenvalue weighted by molar-refractivity contribution is -0.150. The predicted molar refractivity (Wildman–Crippen MR) is 91.2 cm³/mol. The number of carbonyl (C=O) groups is 2. The highest BCUT2D eigenvalue weighted by Crippen LogP contribution is 2.65. The molecule has 0 spiro atoms. The number of carboxylic acid groups (broad SMARTS) is 1.